The number of nitrogens with one attached hydrogen (secondary N) is 2. The first-order chi connectivity index (χ1) is 12.2. The van der Waals surface area contributed by atoms with E-state index in [1.807, 2.05) is 63.2 Å². The topological polar surface area (TPSA) is 84.2 Å². The summed E-state index contributed by atoms with van der Waals surface area (Å²) < 4.78 is 0. The SMILES string of the molecule is Cc1ccc(C(=O)NC(CC(=O)NCC(C)(C)N)c2ccccc2)cc1. The second-order valence-electron chi connectivity index (χ2n) is 7.27. The van der Waals surface area contributed by atoms with Crippen molar-refractivity contribution in [1.82, 2.24) is 10.6 Å². The van der Waals surface area contributed by atoms with E-state index in [1.165, 1.54) is 0 Å². The van der Waals surface area contributed by atoms with Crippen LogP contribution in [0.2, 0.25) is 0 Å². The standard InChI is InChI=1S/C21H27N3O2/c1-15-9-11-17(12-10-15)20(26)24-18(16-7-5-4-6-8-16)13-19(25)23-14-21(2,3)22/h4-12,18H,13-14,22H2,1-3H3,(H,23,25)(H,24,26). The molecule has 0 bridgehead atoms. The molecule has 1 unspecified atom stereocenters. The van der Waals surface area contributed by atoms with Gasteiger partial charge in [-0.25, -0.2) is 0 Å². The van der Waals surface area contributed by atoms with Gasteiger partial charge in [-0.15, -0.1) is 0 Å². The Bertz CT molecular complexity index is 734. The molecule has 2 rings (SSSR count). The lowest BCUT2D eigenvalue weighted by Gasteiger charge is -2.22. The zero-order chi connectivity index (χ0) is 19.2. The van der Waals surface area contributed by atoms with Gasteiger partial charge in [-0.3, -0.25) is 9.59 Å². The van der Waals surface area contributed by atoms with Crippen molar-refractivity contribution in [3.8, 4) is 0 Å². The molecule has 138 valence electrons. The van der Waals surface area contributed by atoms with Crippen LogP contribution in [0.15, 0.2) is 54.6 Å². The molecule has 0 fully saturated rings. The van der Waals surface area contributed by atoms with E-state index in [4.69, 9.17) is 5.73 Å². The second-order valence-corrected chi connectivity index (χ2v) is 7.27. The number of hydrogen-bond donors (Lipinski definition) is 3. The average molecular weight is 353 g/mol. The first kappa shape index (κ1) is 19.7. The molecule has 0 saturated heterocycles. The summed E-state index contributed by atoms with van der Waals surface area (Å²) >= 11 is 0. The normalized spacial score (nSPS) is 12.3. The van der Waals surface area contributed by atoms with Crippen LogP contribution in [-0.2, 0) is 4.79 Å². The van der Waals surface area contributed by atoms with E-state index in [0.717, 1.165) is 11.1 Å². The Kier molecular flexibility index (Phi) is 6.52. The lowest BCUT2D eigenvalue weighted by atomic mass is 10.0. The molecule has 2 aromatic carbocycles. The number of hydrogen-bond acceptors (Lipinski definition) is 3. The minimum Gasteiger partial charge on any atom is -0.354 e. The molecule has 0 aliphatic rings. The van der Waals surface area contributed by atoms with Gasteiger partial charge in [0.1, 0.15) is 0 Å². The first-order valence-electron chi connectivity index (χ1n) is 8.73. The molecule has 0 spiro atoms. The average Bonchev–Trinajstić information content (AvgIpc) is 2.60. The molecule has 0 heterocycles. The molecule has 5 heteroatoms. The van der Waals surface area contributed by atoms with Crippen LogP contribution >= 0.6 is 0 Å². The van der Waals surface area contributed by atoms with Gasteiger partial charge in [0.2, 0.25) is 5.91 Å². The number of amides is 2. The maximum Gasteiger partial charge on any atom is 0.251 e. The third kappa shape index (κ3) is 6.33. The van der Waals surface area contributed by atoms with Crippen molar-refractivity contribution in [2.45, 2.75) is 38.8 Å². The summed E-state index contributed by atoms with van der Waals surface area (Å²) in [7, 11) is 0. The quantitative estimate of drug-likeness (QED) is 0.715. The minimum absolute atomic E-state index is 0.150. The van der Waals surface area contributed by atoms with Crippen molar-refractivity contribution in [3.63, 3.8) is 0 Å². The highest BCUT2D eigenvalue weighted by molar-refractivity contribution is 5.94. The van der Waals surface area contributed by atoms with Crippen LogP contribution in [0.1, 0.15) is 47.8 Å². The zero-order valence-corrected chi connectivity index (χ0v) is 15.6. The van der Waals surface area contributed by atoms with Crippen LogP contribution in [-0.4, -0.2) is 23.9 Å². The van der Waals surface area contributed by atoms with Gasteiger partial charge in [-0.1, -0.05) is 48.0 Å². The minimum atomic E-state index is -0.483. The summed E-state index contributed by atoms with van der Waals surface area (Å²) in [6.45, 7) is 6.04. The molecule has 2 amide bonds. The highest BCUT2D eigenvalue weighted by atomic mass is 16.2. The number of nitrogens with two attached hydrogens (primary N) is 1. The third-order valence-electron chi connectivity index (χ3n) is 3.95. The molecule has 0 radical (unpaired) electrons. The summed E-state index contributed by atoms with van der Waals surface area (Å²) in [4.78, 5) is 24.9. The molecule has 0 aliphatic heterocycles. The fraction of sp³-hybridized carbons (Fsp3) is 0.333. The van der Waals surface area contributed by atoms with Crippen LogP contribution in [0.5, 0.6) is 0 Å². The Morgan fingerprint density at radius 2 is 1.65 bits per heavy atom. The van der Waals surface area contributed by atoms with Gasteiger partial charge in [0.15, 0.2) is 0 Å². The Hall–Kier alpha value is -2.66. The number of carbonyl (C=O) groups is 2. The van der Waals surface area contributed by atoms with Crippen LogP contribution in [0, 0.1) is 6.92 Å². The molecule has 0 aliphatic carbocycles. The van der Waals surface area contributed by atoms with E-state index in [-0.39, 0.29) is 18.2 Å². The molecule has 26 heavy (non-hydrogen) atoms. The van der Waals surface area contributed by atoms with Gasteiger partial charge in [0.25, 0.3) is 5.91 Å². The monoisotopic (exact) mass is 353 g/mol. The zero-order valence-electron chi connectivity index (χ0n) is 15.6. The third-order valence-corrected chi connectivity index (χ3v) is 3.95. The van der Waals surface area contributed by atoms with E-state index in [9.17, 15) is 9.59 Å². The maximum atomic E-state index is 12.6. The largest absolute Gasteiger partial charge is 0.354 e. The Morgan fingerprint density at radius 3 is 2.23 bits per heavy atom. The van der Waals surface area contributed by atoms with E-state index in [2.05, 4.69) is 10.6 Å². The van der Waals surface area contributed by atoms with Crippen LogP contribution in [0.25, 0.3) is 0 Å². The molecule has 0 aromatic heterocycles. The molecular formula is C21H27N3O2. The predicted molar refractivity (Wildman–Crippen MR) is 104 cm³/mol. The number of benzene rings is 2. The van der Waals surface area contributed by atoms with Gasteiger partial charge in [0.05, 0.1) is 12.5 Å². The van der Waals surface area contributed by atoms with E-state index >= 15 is 0 Å². The lowest BCUT2D eigenvalue weighted by Crippen LogP contribution is -2.45. The second kappa shape index (κ2) is 8.63. The smallest absolute Gasteiger partial charge is 0.251 e. The van der Waals surface area contributed by atoms with Crippen molar-refractivity contribution in [1.29, 1.82) is 0 Å². The molecule has 2 aromatic rings. The lowest BCUT2D eigenvalue weighted by molar-refractivity contribution is -0.121. The fourth-order valence-corrected chi connectivity index (χ4v) is 2.47. The van der Waals surface area contributed by atoms with Crippen LogP contribution < -0.4 is 16.4 Å². The molecular weight excluding hydrogens is 326 g/mol. The highest BCUT2D eigenvalue weighted by Gasteiger charge is 2.20. The molecule has 1 atom stereocenters. The molecule has 4 N–H and O–H groups in total. The Morgan fingerprint density at radius 1 is 1.04 bits per heavy atom. The molecule has 5 nitrogen and oxygen atoms in total. The highest BCUT2D eigenvalue weighted by Crippen LogP contribution is 2.18. The molecule has 0 saturated carbocycles. The fourth-order valence-electron chi connectivity index (χ4n) is 2.47. The van der Waals surface area contributed by atoms with Gasteiger partial charge >= 0.3 is 0 Å². The van der Waals surface area contributed by atoms with Crippen molar-refractivity contribution >= 4 is 11.8 Å². The van der Waals surface area contributed by atoms with E-state index in [1.54, 1.807) is 12.1 Å². The van der Waals surface area contributed by atoms with E-state index in [0.29, 0.717) is 12.1 Å². The predicted octanol–water partition coefficient (Wildman–Crippen LogP) is 2.71. The number of aryl methyl sites for hydroxylation is 1. The first-order valence-corrected chi connectivity index (χ1v) is 8.73. The van der Waals surface area contributed by atoms with Crippen molar-refractivity contribution in [2.24, 2.45) is 5.73 Å². The maximum absolute atomic E-state index is 12.6. The van der Waals surface area contributed by atoms with Crippen molar-refractivity contribution in [3.05, 3.63) is 71.3 Å². The van der Waals surface area contributed by atoms with Crippen LogP contribution in [0.4, 0.5) is 0 Å². The van der Waals surface area contributed by atoms with Crippen molar-refractivity contribution in [2.75, 3.05) is 6.54 Å². The van der Waals surface area contributed by atoms with E-state index < -0.39 is 11.6 Å². The summed E-state index contributed by atoms with van der Waals surface area (Å²) in [6, 6.07) is 16.4. The summed E-state index contributed by atoms with van der Waals surface area (Å²) in [5.41, 5.74) is 7.97. The number of rotatable bonds is 7. The summed E-state index contributed by atoms with van der Waals surface area (Å²) in [6.07, 6.45) is 0.150. The Balaban J connectivity index is 2.10. The summed E-state index contributed by atoms with van der Waals surface area (Å²) in [5, 5.41) is 5.79. The van der Waals surface area contributed by atoms with Gasteiger partial charge in [0, 0.05) is 17.6 Å². The summed E-state index contributed by atoms with van der Waals surface area (Å²) in [5.74, 6) is -0.354. The van der Waals surface area contributed by atoms with Gasteiger partial charge in [-0.05, 0) is 38.5 Å². The van der Waals surface area contributed by atoms with Crippen molar-refractivity contribution < 1.29 is 9.59 Å². The van der Waals surface area contributed by atoms with Gasteiger partial charge < -0.3 is 16.4 Å². The number of carbonyl (C=O) groups excluding carboxylic acids is 2. The van der Waals surface area contributed by atoms with Gasteiger partial charge in [-0.2, -0.15) is 0 Å². The van der Waals surface area contributed by atoms with Crippen LogP contribution in [0.3, 0.4) is 0 Å². The Labute approximate surface area is 155 Å².